The molecule has 5 rings (SSSR count). The molecule has 9 heteroatoms. The van der Waals surface area contributed by atoms with Crippen molar-refractivity contribution in [3.8, 4) is 0 Å². The highest BCUT2D eigenvalue weighted by Gasteiger charge is 2.36. The third kappa shape index (κ3) is 4.25. The molecular formula is C23H30FN5O2S. The van der Waals surface area contributed by atoms with Gasteiger partial charge in [-0.05, 0) is 62.1 Å². The number of fused-ring (bicyclic) bond motifs is 1. The van der Waals surface area contributed by atoms with Crippen molar-refractivity contribution in [2.75, 3.05) is 47.2 Å². The minimum atomic E-state index is -1.05. The van der Waals surface area contributed by atoms with Crippen LogP contribution in [0.15, 0.2) is 29.2 Å². The summed E-state index contributed by atoms with van der Waals surface area (Å²) in [4.78, 5) is 15.1. The highest BCUT2D eigenvalue weighted by Crippen LogP contribution is 2.34. The first-order valence-electron chi connectivity index (χ1n) is 11.4. The monoisotopic (exact) mass is 459 g/mol. The third-order valence-electron chi connectivity index (χ3n) is 6.64. The summed E-state index contributed by atoms with van der Waals surface area (Å²) in [7, 11) is 0. The van der Waals surface area contributed by atoms with Crippen LogP contribution in [0.3, 0.4) is 0 Å². The van der Waals surface area contributed by atoms with E-state index in [1.165, 1.54) is 12.1 Å². The molecule has 2 unspecified atom stereocenters. The molecule has 7 nitrogen and oxygen atoms in total. The summed E-state index contributed by atoms with van der Waals surface area (Å²) in [5.74, 6) is 1.82. The van der Waals surface area contributed by atoms with Crippen LogP contribution in [0.1, 0.15) is 32.4 Å². The number of benzene rings is 1. The van der Waals surface area contributed by atoms with Crippen molar-refractivity contribution in [3.63, 3.8) is 0 Å². The molecule has 4 heterocycles. The van der Waals surface area contributed by atoms with E-state index in [2.05, 4.69) is 29.0 Å². The zero-order valence-corrected chi connectivity index (χ0v) is 19.4. The Bertz CT molecular complexity index is 956. The predicted molar refractivity (Wildman–Crippen MR) is 124 cm³/mol. The van der Waals surface area contributed by atoms with E-state index in [9.17, 15) is 8.94 Å². The number of halogens is 1. The summed E-state index contributed by atoms with van der Waals surface area (Å²) in [5, 5.41) is 3.56. The zero-order valence-electron chi connectivity index (χ0n) is 18.6. The van der Waals surface area contributed by atoms with E-state index in [-0.39, 0.29) is 23.9 Å². The number of aryl methyl sites for hydroxylation is 1. The number of hydrogen-bond donors (Lipinski definition) is 1. The Morgan fingerprint density at radius 3 is 2.50 bits per heavy atom. The van der Waals surface area contributed by atoms with Gasteiger partial charge in [0.1, 0.15) is 17.3 Å². The summed E-state index contributed by atoms with van der Waals surface area (Å²) >= 11 is -1.05. The molecule has 1 N–H and O–H groups in total. The number of aromatic nitrogens is 2. The van der Waals surface area contributed by atoms with Crippen LogP contribution >= 0.6 is 0 Å². The molecule has 1 aromatic carbocycles. The van der Waals surface area contributed by atoms with Gasteiger partial charge in [0.15, 0.2) is 5.82 Å². The quantitative estimate of drug-likeness (QED) is 0.705. The second-order valence-electron chi connectivity index (χ2n) is 8.96. The number of ether oxygens (including phenoxy) is 1. The van der Waals surface area contributed by atoms with Crippen molar-refractivity contribution in [3.05, 3.63) is 35.8 Å². The molecule has 2 saturated heterocycles. The van der Waals surface area contributed by atoms with E-state index in [1.54, 1.807) is 0 Å². The fourth-order valence-corrected chi connectivity index (χ4v) is 6.16. The first-order chi connectivity index (χ1) is 15.5. The van der Waals surface area contributed by atoms with Crippen molar-refractivity contribution >= 4 is 28.6 Å². The number of piperazine rings is 1. The molecule has 3 aliphatic rings. The van der Waals surface area contributed by atoms with Crippen molar-refractivity contribution in [2.45, 2.75) is 56.1 Å². The maximum Gasteiger partial charge on any atom is 0.228 e. The van der Waals surface area contributed by atoms with Gasteiger partial charge >= 0.3 is 0 Å². The minimum absolute atomic E-state index is 0.178. The van der Waals surface area contributed by atoms with Gasteiger partial charge in [-0.2, -0.15) is 4.98 Å². The zero-order chi connectivity index (χ0) is 22.2. The van der Waals surface area contributed by atoms with E-state index in [0.717, 1.165) is 67.7 Å². The van der Waals surface area contributed by atoms with Gasteiger partial charge in [0.2, 0.25) is 10.8 Å². The van der Waals surface area contributed by atoms with Crippen LogP contribution < -0.4 is 15.1 Å². The summed E-state index contributed by atoms with van der Waals surface area (Å²) in [5.41, 5.74) is 1.93. The van der Waals surface area contributed by atoms with Crippen molar-refractivity contribution in [2.24, 2.45) is 0 Å². The maximum atomic E-state index is 13.4. The standard InChI is InChI=1S/C23H30FN5O2S/c1-15-14-29(16(2)13-28(15)19-5-3-17(24)4-6-19)23-26-20-9-12-32(30)21(20)22(27-23)25-18-7-10-31-11-8-18/h3-6,15-16,18H,7-14H2,1-2H3,(H,25,26,27)/t15-,16?,32?/m1/s1. The second-order valence-corrected chi connectivity index (χ2v) is 10.5. The number of rotatable bonds is 4. The number of nitrogens with zero attached hydrogens (tertiary/aromatic N) is 4. The molecule has 0 amide bonds. The lowest BCUT2D eigenvalue weighted by Crippen LogP contribution is -2.57. The lowest BCUT2D eigenvalue weighted by Gasteiger charge is -2.45. The molecule has 1 aromatic heterocycles. The summed E-state index contributed by atoms with van der Waals surface area (Å²) < 4.78 is 31.5. The molecule has 2 fully saturated rings. The Morgan fingerprint density at radius 2 is 1.75 bits per heavy atom. The van der Waals surface area contributed by atoms with E-state index >= 15 is 0 Å². The average molecular weight is 460 g/mol. The van der Waals surface area contributed by atoms with Crippen LogP contribution in [-0.4, -0.2) is 64.7 Å². The summed E-state index contributed by atoms with van der Waals surface area (Å²) in [6, 6.07) is 7.37. The van der Waals surface area contributed by atoms with E-state index in [0.29, 0.717) is 11.7 Å². The molecule has 0 aliphatic carbocycles. The second kappa shape index (κ2) is 9.03. The normalized spacial score (nSPS) is 26.3. The molecule has 2 aromatic rings. The van der Waals surface area contributed by atoms with E-state index in [4.69, 9.17) is 14.7 Å². The maximum absolute atomic E-state index is 13.4. The SMILES string of the molecule is CC1CN(c2ccc(F)cc2)[C@H](C)CN1c1nc2c(c(NC3CCOCC3)n1)[S+]([O-])CC2. The van der Waals surface area contributed by atoms with Gasteiger partial charge in [0.25, 0.3) is 0 Å². The topological polar surface area (TPSA) is 76.6 Å². The lowest BCUT2D eigenvalue weighted by atomic mass is 10.1. The van der Waals surface area contributed by atoms with Crippen molar-refractivity contribution in [1.29, 1.82) is 0 Å². The van der Waals surface area contributed by atoms with Gasteiger partial charge in [-0.1, -0.05) is 0 Å². The van der Waals surface area contributed by atoms with Crippen LogP contribution in [-0.2, 0) is 22.3 Å². The lowest BCUT2D eigenvalue weighted by molar-refractivity contribution is 0.0903. The van der Waals surface area contributed by atoms with Crippen LogP contribution in [0.25, 0.3) is 0 Å². The molecule has 172 valence electrons. The Hall–Kier alpha value is -2.10. The Labute approximate surface area is 191 Å². The van der Waals surface area contributed by atoms with Crippen LogP contribution in [0, 0.1) is 5.82 Å². The highest BCUT2D eigenvalue weighted by atomic mass is 32.2. The highest BCUT2D eigenvalue weighted by molar-refractivity contribution is 7.91. The number of nitrogens with one attached hydrogen (secondary N) is 1. The Balaban J connectivity index is 1.40. The minimum Gasteiger partial charge on any atom is -0.611 e. The molecule has 3 aliphatic heterocycles. The van der Waals surface area contributed by atoms with Gasteiger partial charge in [-0.25, -0.2) is 9.37 Å². The first-order valence-corrected chi connectivity index (χ1v) is 12.7. The Kier molecular flexibility index (Phi) is 6.14. The predicted octanol–water partition coefficient (Wildman–Crippen LogP) is 2.97. The van der Waals surface area contributed by atoms with Gasteiger partial charge < -0.3 is 24.4 Å². The smallest absolute Gasteiger partial charge is 0.228 e. The van der Waals surface area contributed by atoms with Gasteiger partial charge in [0, 0.05) is 56.5 Å². The third-order valence-corrected chi connectivity index (χ3v) is 8.10. The fourth-order valence-electron chi connectivity index (χ4n) is 4.84. The molecular weight excluding hydrogens is 429 g/mol. The van der Waals surface area contributed by atoms with Gasteiger partial charge in [-0.3, -0.25) is 0 Å². The first kappa shape index (κ1) is 21.7. The summed E-state index contributed by atoms with van der Waals surface area (Å²) in [6.07, 6.45) is 2.56. The molecule has 0 saturated carbocycles. The largest absolute Gasteiger partial charge is 0.611 e. The Morgan fingerprint density at radius 1 is 1.06 bits per heavy atom. The van der Waals surface area contributed by atoms with Crippen LogP contribution in [0.4, 0.5) is 21.8 Å². The van der Waals surface area contributed by atoms with E-state index < -0.39 is 11.2 Å². The molecule has 0 bridgehead atoms. The summed E-state index contributed by atoms with van der Waals surface area (Å²) in [6.45, 7) is 7.37. The number of hydrogen-bond acceptors (Lipinski definition) is 7. The van der Waals surface area contributed by atoms with E-state index in [1.807, 2.05) is 12.1 Å². The molecule has 32 heavy (non-hydrogen) atoms. The van der Waals surface area contributed by atoms with Gasteiger partial charge in [-0.15, -0.1) is 0 Å². The molecule has 3 atom stereocenters. The average Bonchev–Trinajstić information content (AvgIpc) is 3.17. The molecule has 0 spiro atoms. The van der Waals surface area contributed by atoms with Crippen LogP contribution in [0.2, 0.25) is 0 Å². The fraction of sp³-hybridized carbons (Fsp3) is 0.565. The number of anilines is 3. The van der Waals surface area contributed by atoms with Crippen LogP contribution in [0.5, 0.6) is 0 Å². The van der Waals surface area contributed by atoms with Crippen molar-refractivity contribution in [1.82, 2.24) is 9.97 Å². The van der Waals surface area contributed by atoms with Gasteiger partial charge in [0.05, 0.1) is 0 Å². The van der Waals surface area contributed by atoms with Crippen molar-refractivity contribution < 1.29 is 13.7 Å². The molecule has 0 radical (unpaired) electrons.